The molecule has 1 saturated heterocycles. The van der Waals surface area contributed by atoms with Crippen molar-refractivity contribution in [1.29, 1.82) is 0 Å². The highest BCUT2D eigenvalue weighted by atomic mass is 35.5. The van der Waals surface area contributed by atoms with E-state index in [0.29, 0.717) is 36.9 Å². The number of hydrogen-bond acceptors (Lipinski definition) is 4. The summed E-state index contributed by atoms with van der Waals surface area (Å²) in [5.41, 5.74) is 1.31. The van der Waals surface area contributed by atoms with Crippen molar-refractivity contribution >= 4 is 29.1 Å². The first kappa shape index (κ1) is 16.4. The number of anilines is 1. The summed E-state index contributed by atoms with van der Waals surface area (Å²) in [6.07, 6.45) is 0. The molecular weight excluding hydrogens is 306 g/mol. The van der Waals surface area contributed by atoms with Crippen molar-refractivity contribution in [2.24, 2.45) is 0 Å². The summed E-state index contributed by atoms with van der Waals surface area (Å²) in [7, 11) is 0. The van der Waals surface area contributed by atoms with Gasteiger partial charge in [0.25, 0.3) is 0 Å². The highest BCUT2D eigenvalue weighted by Gasteiger charge is 2.22. The monoisotopic (exact) mass is 325 g/mol. The number of phenolic OH excluding ortho intramolecular Hbond substituents is 1. The number of nitrogens with one attached hydrogen (secondary N) is 1. The Balaban J connectivity index is 1.89. The van der Waals surface area contributed by atoms with E-state index in [1.165, 1.54) is 13.0 Å². The number of hydrogen-bond donors (Lipinski definition) is 2. The molecule has 2 amide bonds. The Labute approximate surface area is 134 Å². The lowest BCUT2D eigenvalue weighted by molar-refractivity contribution is -0.137. The van der Waals surface area contributed by atoms with Crippen LogP contribution in [0.2, 0.25) is 5.02 Å². The van der Waals surface area contributed by atoms with E-state index in [1.54, 1.807) is 15.9 Å². The molecule has 1 aliphatic rings. The van der Waals surface area contributed by atoms with Crippen molar-refractivity contribution in [2.45, 2.75) is 13.8 Å². The summed E-state index contributed by atoms with van der Waals surface area (Å²) >= 11 is 5.91. The fourth-order valence-electron chi connectivity index (χ4n) is 2.37. The van der Waals surface area contributed by atoms with Gasteiger partial charge in [-0.1, -0.05) is 11.6 Å². The van der Waals surface area contributed by atoms with Gasteiger partial charge in [-0.25, -0.2) is 0 Å². The zero-order valence-corrected chi connectivity index (χ0v) is 13.5. The van der Waals surface area contributed by atoms with Crippen LogP contribution in [0.1, 0.15) is 12.5 Å². The number of piperazine rings is 1. The lowest BCUT2D eigenvalue weighted by Crippen LogP contribution is -2.51. The molecule has 2 N–H and O–H groups in total. The summed E-state index contributed by atoms with van der Waals surface area (Å²) < 4.78 is 0. The molecule has 1 aliphatic heterocycles. The van der Waals surface area contributed by atoms with Crippen LogP contribution in [-0.2, 0) is 9.59 Å². The molecule has 0 unspecified atom stereocenters. The highest BCUT2D eigenvalue weighted by Crippen LogP contribution is 2.29. The van der Waals surface area contributed by atoms with E-state index in [2.05, 4.69) is 5.32 Å². The number of amides is 2. The number of aryl methyl sites for hydroxylation is 1. The Morgan fingerprint density at radius 1 is 1.23 bits per heavy atom. The van der Waals surface area contributed by atoms with Crippen molar-refractivity contribution < 1.29 is 14.7 Å². The average molecular weight is 326 g/mol. The fraction of sp³-hybridized carbons (Fsp3) is 0.467. The minimum Gasteiger partial charge on any atom is -0.506 e. The first-order valence-electron chi connectivity index (χ1n) is 7.14. The molecule has 0 radical (unpaired) electrons. The largest absolute Gasteiger partial charge is 0.506 e. The number of benzene rings is 1. The molecule has 6 nitrogen and oxygen atoms in total. The quantitative estimate of drug-likeness (QED) is 0.825. The molecule has 1 aromatic carbocycles. The standard InChI is InChI=1S/C15H20ClN3O3/c1-10-7-13(14(21)8-12(10)16)17-9-15(22)19-5-3-18(4-6-19)11(2)20/h7-8,17,21H,3-6,9H2,1-2H3. The van der Waals surface area contributed by atoms with E-state index < -0.39 is 0 Å². The van der Waals surface area contributed by atoms with Gasteiger partial charge in [-0.3, -0.25) is 9.59 Å². The average Bonchev–Trinajstić information content (AvgIpc) is 2.49. The predicted molar refractivity (Wildman–Crippen MR) is 85.2 cm³/mol. The number of carbonyl (C=O) groups excluding carboxylic acids is 2. The number of carbonyl (C=O) groups is 2. The SMILES string of the molecule is CC(=O)N1CCN(C(=O)CNc2cc(C)c(Cl)cc2O)CC1. The number of nitrogens with zero attached hydrogens (tertiary/aromatic N) is 2. The molecule has 0 aliphatic carbocycles. The number of rotatable bonds is 3. The van der Waals surface area contributed by atoms with Gasteiger partial charge in [0.1, 0.15) is 5.75 Å². The van der Waals surface area contributed by atoms with Crippen LogP contribution >= 0.6 is 11.6 Å². The van der Waals surface area contributed by atoms with Crippen LogP contribution in [0, 0.1) is 6.92 Å². The van der Waals surface area contributed by atoms with Crippen molar-refractivity contribution in [2.75, 3.05) is 38.0 Å². The van der Waals surface area contributed by atoms with Gasteiger partial charge in [0, 0.05) is 44.2 Å². The second kappa shape index (κ2) is 6.87. The van der Waals surface area contributed by atoms with Crippen LogP contribution in [0.25, 0.3) is 0 Å². The Morgan fingerprint density at radius 3 is 2.41 bits per heavy atom. The van der Waals surface area contributed by atoms with Crippen LogP contribution in [0.3, 0.4) is 0 Å². The smallest absolute Gasteiger partial charge is 0.241 e. The van der Waals surface area contributed by atoms with Crippen molar-refractivity contribution in [3.05, 3.63) is 22.7 Å². The van der Waals surface area contributed by atoms with Crippen LogP contribution in [-0.4, -0.2) is 59.4 Å². The Morgan fingerprint density at radius 2 is 1.82 bits per heavy atom. The third-order valence-corrected chi connectivity index (χ3v) is 4.19. The second-order valence-corrected chi connectivity index (χ2v) is 5.77. The molecule has 1 aromatic rings. The van der Waals surface area contributed by atoms with E-state index >= 15 is 0 Å². The van der Waals surface area contributed by atoms with Gasteiger partial charge in [0.2, 0.25) is 11.8 Å². The van der Waals surface area contributed by atoms with E-state index in [0.717, 1.165) is 5.56 Å². The Bertz CT molecular complexity index is 584. The topological polar surface area (TPSA) is 72.9 Å². The molecule has 0 saturated carbocycles. The highest BCUT2D eigenvalue weighted by molar-refractivity contribution is 6.31. The van der Waals surface area contributed by atoms with E-state index in [1.807, 2.05) is 6.92 Å². The van der Waals surface area contributed by atoms with Gasteiger partial charge in [0.15, 0.2) is 0 Å². The Hall–Kier alpha value is -1.95. The lowest BCUT2D eigenvalue weighted by atomic mass is 10.2. The van der Waals surface area contributed by atoms with Gasteiger partial charge < -0.3 is 20.2 Å². The van der Waals surface area contributed by atoms with Crippen molar-refractivity contribution in [3.8, 4) is 5.75 Å². The van der Waals surface area contributed by atoms with Crippen molar-refractivity contribution in [3.63, 3.8) is 0 Å². The summed E-state index contributed by atoms with van der Waals surface area (Å²) in [5.74, 6) is -0.00760. The zero-order chi connectivity index (χ0) is 16.3. The van der Waals surface area contributed by atoms with Crippen LogP contribution in [0.15, 0.2) is 12.1 Å². The zero-order valence-electron chi connectivity index (χ0n) is 12.7. The number of aromatic hydroxyl groups is 1. The van der Waals surface area contributed by atoms with Gasteiger partial charge in [0.05, 0.1) is 12.2 Å². The molecule has 0 bridgehead atoms. The summed E-state index contributed by atoms with van der Waals surface area (Å²) in [6, 6.07) is 3.16. The van der Waals surface area contributed by atoms with Crippen LogP contribution < -0.4 is 5.32 Å². The maximum atomic E-state index is 12.2. The van der Waals surface area contributed by atoms with Crippen LogP contribution in [0.5, 0.6) is 5.75 Å². The molecule has 0 atom stereocenters. The normalized spacial score (nSPS) is 14.9. The first-order chi connectivity index (χ1) is 10.4. The molecule has 120 valence electrons. The first-order valence-corrected chi connectivity index (χ1v) is 7.52. The third-order valence-electron chi connectivity index (χ3n) is 3.78. The predicted octanol–water partition coefficient (Wildman–Crippen LogP) is 1.46. The minimum absolute atomic E-state index is 0.0183. The summed E-state index contributed by atoms with van der Waals surface area (Å²) in [4.78, 5) is 26.9. The van der Waals surface area contributed by atoms with E-state index in [9.17, 15) is 14.7 Å². The van der Waals surface area contributed by atoms with E-state index in [4.69, 9.17) is 11.6 Å². The third kappa shape index (κ3) is 3.82. The van der Waals surface area contributed by atoms with Crippen molar-refractivity contribution in [1.82, 2.24) is 9.80 Å². The summed E-state index contributed by atoms with van der Waals surface area (Å²) in [5, 5.41) is 13.2. The molecular formula is C15H20ClN3O3. The molecule has 0 aromatic heterocycles. The van der Waals surface area contributed by atoms with Gasteiger partial charge in [-0.05, 0) is 18.6 Å². The Kier molecular flexibility index (Phi) is 5.13. The maximum Gasteiger partial charge on any atom is 0.241 e. The molecule has 0 spiro atoms. The summed E-state index contributed by atoms with van der Waals surface area (Å²) in [6.45, 7) is 5.64. The molecule has 1 heterocycles. The number of phenols is 1. The second-order valence-electron chi connectivity index (χ2n) is 5.36. The van der Waals surface area contributed by atoms with E-state index in [-0.39, 0.29) is 24.1 Å². The molecule has 22 heavy (non-hydrogen) atoms. The van der Waals surface area contributed by atoms with Crippen LogP contribution in [0.4, 0.5) is 5.69 Å². The maximum absolute atomic E-state index is 12.2. The molecule has 1 fully saturated rings. The lowest BCUT2D eigenvalue weighted by Gasteiger charge is -2.34. The molecule has 7 heteroatoms. The van der Waals surface area contributed by atoms with Gasteiger partial charge >= 0.3 is 0 Å². The fourth-order valence-corrected chi connectivity index (χ4v) is 2.52. The van der Waals surface area contributed by atoms with Gasteiger partial charge in [-0.2, -0.15) is 0 Å². The van der Waals surface area contributed by atoms with Gasteiger partial charge in [-0.15, -0.1) is 0 Å². The molecule has 2 rings (SSSR count). The minimum atomic E-state index is -0.0600. The number of halogens is 1.